The second-order valence-corrected chi connectivity index (χ2v) is 11.8. The van der Waals surface area contributed by atoms with E-state index in [4.69, 9.17) is 0 Å². The first kappa shape index (κ1) is 30.8. The van der Waals surface area contributed by atoms with E-state index in [-0.39, 0.29) is 37.7 Å². The van der Waals surface area contributed by atoms with Crippen LogP contribution >= 0.6 is 0 Å². The molecule has 0 aromatic heterocycles. The van der Waals surface area contributed by atoms with Crippen LogP contribution in [0.5, 0.6) is 0 Å². The molecule has 0 unspecified atom stereocenters. The van der Waals surface area contributed by atoms with E-state index in [9.17, 15) is 22.4 Å². The van der Waals surface area contributed by atoms with Crippen molar-refractivity contribution in [2.45, 2.75) is 52.1 Å². The lowest BCUT2D eigenvalue weighted by atomic mass is 10.0. The fraction of sp³-hybridized carbons (Fsp3) is 0.355. The Kier molecular flexibility index (Phi) is 11.3. The Balaban J connectivity index is 1.87. The summed E-state index contributed by atoms with van der Waals surface area (Å²) in [5.41, 5.74) is 3.20. The summed E-state index contributed by atoms with van der Waals surface area (Å²) in [6.07, 6.45) is 2.45. The van der Waals surface area contributed by atoms with E-state index in [1.54, 1.807) is 4.90 Å². The van der Waals surface area contributed by atoms with Gasteiger partial charge in [0, 0.05) is 32.5 Å². The van der Waals surface area contributed by atoms with Gasteiger partial charge in [-0.1, -0.05) is 61.5 Å². The maximum absolute atomic E-state index is 13.8. The minimum absolute atomic E-state index is 0.0332. The van der Waals surface area contributed by atoms with E-state index in [2.05, 4.69) is 5.32 Å². The molecule has 7 nitrogen and oxygen atoms in total. The number of benzene rings is 3. The van der Waals surface area contributed by atoms with Gasteiger partial charge in [0.2, 0.25) is 21.8 Å². The number of carbonyl (C=O) groups excluding carboxylic acids is 2. The van der Waals surface area contributed by atoms with Crippen LogP contribution < -0.4 is 9.62 Å². The molecule has 0 aliphatic carbocycles. The van der Waals surface area contributed by atoms with Crippen molar-refractivity contribution < 1.29 is 22.4 Å². The molecule has 0 aliphatic rings. The molecule has 0 spiro atoms. The third-order valence-corrected chi connectivity index (χ3v) is 7.88. The summed E-state index contributed by atoms with van der Waals surface area (Å²) in [4.78, 5) is 28.9. The predicted octanol–water partition coefficient (Wildman–Crippen LogP) is 4.85. The molecule has 3 aromatic rings. The predicted molar refractivity (Wildman–Crippen MR) is 157 cm³/mol. The average Bonchev–Trinajstić information content (AvgIpc) is 2.93. The second-order valence-electron chi connectivity index (χ2n) is 9.86. The third-order valence-electron chi connectivity index (χ3n) is 6.69. The highest BCUT2D eigenvalue weighted by molar-refractivity contribution is 7.92. The average molecular weight is 568 g/mol. The van der Waals surface area contributed by atoms with Crippen molar-refractivity contribution >= 4 is 27.5 Å². The van der Waals surface area contributed by atoms with Crippen molar-refractivity contribution in [1.29, 1.82) is 0 Å². The molecular formula is C31H38FN3O4S. The van der Waals surface area contributed by atoms with Crippen molar-refractivity contribution in [2.75, 3.05) is 23.7 Å². The van der Waals surface area contributed by atoms with Crippen LogP contribution in [0.15, 0.2) is 78.9 Å². The Bertz CT molecular complexity index is 1360. The number of amides is 2. The first-order valence-electron chi connectivity index (χ1n) is 13.5. The Hall–Kier alpha value is -3.72. The van der Waals surface area contributed by atoms with Gasteiger partial charge in [-0.2, -0.15) is 0 Å². The standard InChI is InChI=1S/C31H38FN3O4S/c1-4-20-33-31(37)29(22-25-12-6-5-7-13-25)34(23-26-14-9-8-11-24(26)2)30(36)15-10-21-35(40(3,38)39)28-18-16-27(32)17-19-28/h5-9,11-14,16-19,29H,4,10,15,20-23H2,1-3H3,(H,33,37)/t29-/m1/s1. The van der Waals surface area contributed by atoms with Gasteiger partial charge >= 0.3 is 0 Å². The van der Waals surface area contributed by atoms with Gasteiger partial charge in [-0.05, 0) is 60.7 Å². The number of carbonyl (C=O) groups is 2. The summed E-state index contributed by atoms with van der Waals surface area (Å²) < 4.78 is 39.6. The Morgan fingerprint density at radius 2 is 1.60 bits per heavy atom. The van der Waals surface area contributed by atoms with E-state index in [1.807, 2.05) is 68.4 Å². The zero-order chi connectivity index (χ0) is 29.1. The van der Waals surface area contributed by atoms with E-state index >= 15 is 0 Å². The SMILES string of the molecule is CCCNC(=O)[C@@H](Cc1ccccc1)N(Cc1ccccc1C)C(=O)CCCN(c1ccc(F)cc1)S(C)(=O)=O. The van der Waals surface area contributed by atoms with Gasteiger partial charge in [0.05, 0.1) is 11.9 Å². The molecule has 1 N–H and O–H groups in total. The van der Waals surface area contributed by atoms with Crippen LogP contribution in [0.2, 0.25) is 0 Å². The molecule has 3 aromatic carbocycles. The fourth-order valence-corrected chi connectivity index (χ4v) is 5.47. The van der Waals surface area contributed by atoms with Crippen LogP contribution in [-0.2, 0) is 32.6 Å². The first-order chi connectivity index (χ1) is 19.1. The summed E-state index contributed by atoms with van der Waals surface area (Å²) in [6.45, 7) is 4.72. The molecule has 0 saturated heterocycles. The second kappa shape index (κ2) is 14.6. The third kappa shape index (κ3) is 8.91. The zero-order valence-corrected chi connectivity index (χ0v) is 24.2. The Morgan fingerprint density at radius 3 is 2.23 bits per heavy atom. The van der Waals surface area contributed by atoms with Crippen molar-refractivity contribution in [2.24, 2.45) is 0 Å². The molecule has 0 saturated carbocycles. The van der Waals surface area contributed by atoms with Crippen LogP contribution in [0.4, 0.5) is 10.1 Å². The van der Waals surface area contributed by atoms with Gasteiger partial charge in [-0.3, -0.25) is 13.9 Å². The Labute approximate surface area is 237 Å². The van der Waals surface area contributed by atoms with Crippen LogP contribution in [0.3, 0.4) is 0 Å². The quantitative estimate of drug-likeness (QED) is 0.302. The molecule has 2 amide bonds. The van der Waals surface area contributed by atoms with Crippen molar-refractivity contribution in [1.82, 2.24) is 10.2 Å². The number of hydrogen-bond acceptors (Lipinski definition) is 4. The van der Waals surface area contributed by atoms with Crippen molar-refractivity contribution in [3.8, 4) is 0 Å². The number of nitrogens with zero attached hydrogens (tertiary/aromatic N) is 2. The van der Waals surface area contributed by atoms with E-state index in [0.717, 1.165) is 29.4 Å². The summed E-state index contributed by atoms with van der Waals surface area (Å²) in [5.74, 6) is -0.940. The van der Waals surface area contributed by atoms with Crippen molar-refractivity contribution in [3.05, 3.63) is 101 Å². The highest BCUT2D eigenvalue weighted by atomic mass is 32.2. The number of sulfonamides is 1. The molecule has 40 heavy (non-hydrogen) atoms. The zero-order valence-electron chi connectivity index (χ0n) is 23.3. The van der Waals surface area contributed by atoms with Crippen molar-refractivity contribution in [3.63, 3.8) is 0 Å². The van der Waals surface area contributed by atoms with Gasteiger partial charge in [-0.15, -0.1) is 0 Å². The molecule has 0 radical (unpaired) electrons. The number of hydrogen-bond donors (Lipinski definition) is 1. The molecule has 0 aliphatic heterocycles. The van der Waals surface area contributed by atoms with Crippen LogP contribution in [0.25, 0.3) is 0 Å². The van der Waals surface area contributed by atoms with E-state index < -0.39 is 21.9 Å². The maximum Gasteiger partial charge on any atom is 0.243 e. The van der Waals surface area contributed by atoms with Gasteiger partial charge in [0.1, 0.15) is 11.9 Å². The molecule has 0 heterocycles. The minimum Gasteiger partial charge on any atom is -0.354 e. The van der Waals surface area contributed by atoms with Crippen LogP contribution in [0, 0.1) is 12.7 Å². The first-order valence-corrected chi connectivity index (χ1v) is 15.3. The summed E-state index contributed by atoms with van der Waals surface area (Å²) in [5, 5.41) is 2.96. The maximum atomic E-state index is 13.8. The molecule has 3 rings (SSSR count). The number of rotatable bonds is 14. The summed E-state index contributed by atoms with van der Waals surface area (Å²) in [6, 6.07) is 21.8. The normalized spacial score (nSPS) is 12.0. The number of nitrogens with one attached hydrogen (secondary N) is 1. The van der Waals surface area contributed by atoms with Crippen LogP contribution in [-0.4, -0.2) is 50.5 Å². The number of aryl methyl sites for hydroxylation is 1. The smallest absolute Gasteiger partial charge is 0.243 e. The molecule has 0 bridgehead atoms. The molecule has 214 valence electrons. The van der Waals surface area contributed by atoms with Gasteiger partial charge < -0.3 is 10.2 Å². The monoisotopic (exact) mass is 567 g/mol. The van der Waals surface area contributed by atoms with E-state index in [0.29, 0.717) is 18.7 Å². The largest absolute Gasteiger partial charge is 0.354 e. The summed E-state index contributed by atoms with van der Waals surface area (Å²) >= 11 is 0. The number of halogens is 1. The molecule has 0 fully saturated rings. The Morgan fingerprint density at radius 1 is 0.950 bits per heavy atom. The van der Waals surface area contributed by atoms with E-state index in [1.165, 1.54) is 28.6 Å². The topological polar surface area (TPSA) is 86.8 Å². The lowest BCUT2D eigenvalue weighted by molar-refractivity contribution is -0.141. The fourth-order valence-electron chi connectivity index (χ4n) is 4.50. The van der Waals surface area contributed by atoms with Crippen LogP contribution in [0.1, 0.15) is 42.9 Å². The molecule has 1 atom stereocenters. The highest BCUT2D eigenvalue weighted by Crippen LogP contribution is 2.21. The van der Waals surface area contributed by atoms with Gasteiger partial charge in [0.15, 0.2) is 0 Å². The van der Waals surface area contributed by atoms with Gasteiger partial charge in [-0.25, -0.2) is 12.8 Å². The van der Waals surface area contributed by atoms with Gasteiger partial charge in [0.25, 0.3) is 0 Å². The molecule has 9 heteroatoms. The lowest BCUT2D eigenvalue weighted by Crippen LogP contribution is -2.50. The highest BCUT2D eigenvalue weighted by Gasteiger charge is 2.30. The lowest BCUT2D eigenvalue weighted by Gasteiger charge is -2.32. The minimum atomic E-state index is -3.66. The summed E-state index contributed by atoms with van der Waals surface area (Å²) in [7, 11) is -3.66. The molecular weight excluding hydrogens is 529 g/mol. The number of anilines is 1.